The van der Waals surface area contributed by atoms with Gasteiger partial charge in [0.15, 0.2) is 0 Å². The second-order valence-electron chi connectivity index (χ2n) is 8.51. The van der Waals surface area contributed by atoms with Gasteiger partial charge in [0.25, 0.3) is 5.91 Å². The highest BCUT2D eigenvalue weighted by molar-refractivity contribution is 7.99. The molecule has 0 aromatic carbocycles. The number of amides is 3. The van der Waals surface area contributed by atoms with Crippen LogP contribution in [0.5, 0.6) is 0 Å². The first kappa shape index (κ1) is 20.7. The summed E-state index contributed by atoms with van der Waals surface area (Å²) in [5.41, 5.74) is 0.191. The Bertz CT molecular complexity index is 717. The lowest BCUT2D eigenvalue weighted by atomic mass is 9.74. The molecule has 3 aliphatic heterocycles. The second kappa shape index (κ2) is 9.04. The highest BCUT2D eigenvalue weighted by atomic mass is 32.2. The van der Waals surface area contributed by atoms with Crippen LogP contribution in [0.15, 0.2) is 24.4 Å². The third kappa shape index (κ3) is 4.17. The van der Waals surface area contributed by atoms with E-state index in [1.54, 1.807) is 6.20 Å². The zero-order chi connectivity index (χ0) is 20.3. The maximum atomic E-state index is 13.5. The number of hydrogen-bond donors (Lipinski definition) is 1. The van der Waals surface area contributed by atoms with Gasteiger partial charge in [0, 0.05) is 36.7 Å². The predicted molar refractivity (Wildman–Crippen MR) is 116 cm³/mol. The number of thioether (sulfide) groups is 1. The van der Waals surface area contributed by atoms with Crippen molar-refractivity contribution in [2.45, 2.75) is 57.0 Å². The Morgan fingerprint density at radius 2 is 2.07 bits per heavy atom. The molecule has 4 rings (SSSR count). The summed E-state index contributed by atoms with van der Waals surface area (Å²) in [4.78, 5) is 34.6. The van der Waals surface area contributed by atoms with Crippen LogP contribution in [0.25, 0.3) is 0 Å². The molecular formula is C22H32N4O2S. The van der Waals surface area contributed by atoms with Gasteiger partial charge >= 0.3 is 6.03 Å². The fourth-order valence-corrected chi connectivity index (χ4v) is 6.49. The summed E-state index contributed by atoms with van der Waals surface area (Å²) in [6.07, 6.45) is 7.22. The number of urea groups is 1. The maximum Gasteiger partial charge on any atom is 0.325 e. The van der Waals surface area contributed by atoms with Gasteiger partial charge in [-0.05, 0) is 62.6 Å². The number of rotatable bonds is 7. The van der Waals surface area contributed by atoms with Crippen LogP contribution >= 0.6 is 11.8 Å². The molecule has 7 heteroatoms. The Morgan fingerprint density at radius 3 is 2.72 bits per heavy atom. The van der Waals surface area contributed by atoms with E-state index in [0.717, 1.165) is 44.5 Å². The van der Waals surface area contributed by atoms with Gasteiger partial charge in [0.05, 0.1) is 0 Å². The summed E-state index contributed by atoms with van der Waals surface area (Å²) in [7, 11) is 0. The van der Waals surface area contributed by atoms with E-state index in [-0.39, 0.29) is 17.9 Å². The van der Waals surface area contributed by atoms with Crippen molar-refractivity contribution in [3.05, 3.63) is 30.1 Å². The van der Waals surface area contributed by atoms with Crippen molar-refractivity contribution in [2.24, 2.45) is 5.92 Å². The molecule has 1 aromatic rings. The third-order valence-corrected chi connectivity index (χ3v) is 7.96. The fourth-order valence-electron chi connectivity index (χ4n) is 5.23. The number of carbonyl (C=O) groups excluding carboxylic acids is 2. The Labute approximate surface area is 177 Å². The number of piperidine rings is 1. The standard InChI is InChI=1S/C22H32N4O2S/c1-2-10-22(17-6-12-25(13-7-17)19-9-15-29-16-19)20(27)26(21(28)24-22)14-8-18-5-3-4-11-23-18/h3-5,11,17,19H,2,6-10,12-16H2,1H3,(H,24,28). The number of likely N-dealkylation sites (tertiary alicyclic amines) is 1. The van der Waals surface area contributed by atoms with Crippen LogP contribution in [0.4, 0.5) is 4.79 Å². The molecule has 3 saturated heterocycles. The van der Waals surface area contributed by atoms with Crippen LogP contribution in [-0.4, -0.2) is 69.4 Å². The lowest BCUT2D eigenvalue weighted by Crippen LogP contribution is -2.57. The molecule has 2 unspecified atom stereocenters. The quantitative estimate of drug-likeness (QED) is 0.693. The van der Waals surface area contributed by atoms with Crippen molar-refractivity contribution in [3.8, 4) is 0 Å². The summed E-state index contributed by atoms with van der Waals surface area (Å²) in [5, 5.41) is 3.15. The van der Waals surface area contributed by atoms with Crippen molar-refractivity contribution in [2.75, 3.05) is 31.1 Å². The van der Waals surface area contributed by atoms with Gasteiger partial charge in [-0.15, -0.1) is 0 Å². The van der Waals surface area contributed by atoms with Gasteiger partial charge in [0.2, 0.25) is 0 Å². The molecule has 158 valence electrons. The topological polar surface area (TPSA) is 65.5 Å². The van der Waals surface area contributed by atoms with E-state index in [1.165, 1.54) is 22.8 Å². The smallest absolute Gasteiger partial charge is 0.323 e. The molecule has 6 nitrogen and oxygen atoms in total. The molecule has 1 N–H and O–H groups in total. The lowest BCUT2D eigenvalue weighted by Gasteiger charge is -2.42. The SMILES string of the molecule is CCCC1(C2CCN(C3CCSC3)CC2)NC(=O)N(CCc2ccccn2)C1=O. The number of pyridine rings is 1. The Hall–Kier alpha value is -1.60. The van der Waals surface area contributed by atoms with Crippen molar-refractivity contribution >= 4 is 23.7 Å². The van der Waals surface area contributed by atoms with Crippen LogP contribution < -0.4 is 5.32 Å². The second-order valence-corrected chi connectivity index (χ2v) is 9.66. The monoisotopic (exact) mass is 416 g/mol. The summed E-state index contributed by atoms with van der Waals surface area (Å²) in [6, 6.07) is 6.22. The summed E-state index contributed by atoms with van der Waals surface area (Å²) >= 11 is 2.05. The van der Waals surface area contributed by atoms with Crippen molar-refractivity contribution in [3.63, 3.8) is 0 Å². The maximum absolute atomic E-state index is 13.5. The summed E-state index contributed by atoms with van der Waals surface area (Å²) < 4.78 is 0. The molecule has 3 amide bonds. The third-order valence-electron chi connectivity index (χ3n) is 6.81. The first-order valence-corrected chi connectivity index (χ1v) is 12.2. The Morgan fingerprint density at radius 1 is 1.24 bits per heavy atom. The van der Waals surface area contributed by atoms with Crippen LogP contribution in [-0.2, 0) is 11.2 Å². The predicted octanol–water partition coefficient (Wildman–Crippen LogP) is 2.93. The normalized spacial score (nSPS) is 28.9. The van der Waals surface area contributed by atoms with Gasteiger partial charge in [-0.2, -0.15) is 11.8 Å². The molecule has 0 spiro atoms. The van der Waals surface area contributed by atoms with Crippen molar-refractivity contribution in [1.82, 2.24) is 20.1 Å². The molecule has 3 aliphatic rings. The lowest BCUT2D eigenvalue weighted by molar-refractivity contribution is -0.134. The van der Waals surface area contributed by atoms with Crippen LogP contribution in [0.2, 0.25) is 0 Å². The minimum atomic E-state index is -0.716. The first-order valence-electron chi connectivity index (χ1n) is 11.0. The number of nitrogens with zero attached hydrogens (tertiary/aromatic N) is 3. The van der Waals surface area contributed by atoms with Crippen LogP contribution in [0.3, 0.4) is 0 Å². The van der Waals surface area contributed by atoms with E-state index in [4.69, 9.17) is 0 Å². The van der Waals surface area contributed by atoms with Gasteiger partial charge in [-0.1, -0.05) is 19.4 Å². The highest BCUT2D eigenvalue weighted by Gasteiger charge is 2.55. The minimum absolute atomic E-state index is 0.0184. The highest BCUT2D eigenvalue weighted by Crippen LogP contribution is 2.38. The Kier molecular flexibility index (Phi) is 6.44. The summed E-state index contributed by atoms with van der Waals surface area (Å²) in [6.45, 7) is 4.57. The van der Waals surface area contributed by atoms with Gasteiger partial charge in [-0.25, -0.2) is 4.79 Å². The number of carbonyl (C=O) groups is 2. The molecule has 0 aliphatic carbocycles. The number of aromatic nitrogens is 1. The number of imide groups is 1. The van der Waals surface area contributed by atoms with E-state index in [2.05, 4.69) is 22.1 Å². The van der Waals surface area contributed by atoms with Gasteiger partial charge in [-0.3, -0.25) is 19.6 Å². The van der Waals surface area contributed by atoms with Gasteiger partial charge < -0.3 is 5.32 Å². The zero-order valence-electron chi connectivity index (χ0n) is 17.3. The first-order chi connectivity index (χ1) is 14.1. The van der Waals surface area contributed by atoms with E-state index in [9.17, 15) is 9.59 Å². The van der Waals surface area contributed by atoms with E-state index in [1.807, 2.05) is 30.0 Å². The summed E-state index contributed by atoms with van der Waals surface area (Å²) in [5.74, 6) is 2.71. The minimum Gasteiger partial charge on any atom is -0.323 e. The van der Waals surface area contributed by atoms with Crippen molar-refractivity contribution < 1.29 is 9.59 Å². The molecule has 0 radical (unpaired) electrons. The Balaban J connectivity index is 1.43. The zero-order valence-corrected chi connectivity index (χ0v) is 18.1. The van der Waals surface area contributed by atoms with Gasteiger partial charge in [0.1, 0.15) is 5.54 Å². The average molecular weight is 417 g/mol. The molecule has 0 bridgehead atoms. The number of hydrogen-bond acceptors (Lipinski definition) is 5. The molecular weight excluding hydrogens is 384 g/mol. The number of nitrogens with one attached hydrogen (secondary N) is 1. The molecule has 3 fully saturated rings. The fraction of sp³-hybridized carbons (Fsp3) is 0.682. The van der Waals surface area contributed by atoms with Crippen LogP contribution in [0, 0.1) is 5.92 Å². The largest absolute Gasteiger partial charge is 0.325 e. The average Bonchev–Trinajstić information content (AvgIpc) is 3.36. The molecule has 4 heterocycles. The van der Waals surface area contributed by atoms with E-state index < -0.39 is 5.54 Å². The van der Waals surface area contributed by atoms with Crippen LogP contribution in [0.1, 0.15) is 44.7 Å². The molecule has 1 aromatic heterocycles. The van der Waals surface area contributed by atoms with E-state index >= 15 is 0 Å². The van der Waals surface area contributed by atoms with E-state index in [0.29, 0.717) is 19.0 Å². The molecule has 0 saturated carbocycles. The molecule has 2 atom stereocenters. The molecule has 29 heavy (non-hydrogen) atoms. The van der Waals surface area contributed by atoms with Crippen molar-refractivity contribution in [1.29, 1.82) is 0 Å².